The molecule has 1 aliphatic heterocycles. The molecule has 5 nitrogen and oxygen atoms in total. The SMILES string of the molecule is CC(NS(=O)(=O)c1cccnc1Cl)C1CCOCC1. The molecule has 0 spiro atoms. The van der Waals surface area contributed by atoms with Crippen LogP contribution in [0, 0.1) is 5.92 Å². The summed E-state index contributed by atoms with van der Waals surface area (Å²) in [7, 11) is -3.62. The van der Waals surface area contributed by atoms with E-state index in [0.717, 1.165) is 12.8 Å². The topological polar surface area (TPSA) is 68.3 Å². The first-order chi connectivity index (χ1) is 9.00. The Hall–Kier alpha value is -0.690. The Morgan fingerprint density at radius 1 is 1.47 bits per heavy atom. The van der Waals surface area contributed by atoms with Gasteiger partial charge >= 0.3 is 0 Å². The highest BCUT2D eigenvalue weighted by Crippen LogP contribution is 2.22. The predicted molar refractivity (Wildman–Crippen MR) is 72.6 cm³/mol. The average Bonchev–Trinajstić information content (AvgIpc) is 2.39. The lowest BCUT2D eigenvalue weighted by molar-refractivity contribution is 0.0585. The van der Waals surface area contributed by atoms with Crippen molar-refractivity contribution in [2.45, 2.75) is 30.7 Å². The molecule has 1 N–H and O–H groups in total. The number of hydrogen-bond donors (Lipinski definition) is 1. The van der Waals surface area contributed by atoms with Crippen molar-refractivity contribution in [1.29, 1.82) is 0 Å². The van der Waals surface area contributed by atoms with E-state index in [1.165, 1.54) is 12.3 Å². The third-order valence-corrected chi connectivity index (χ3v) is 5.33. The van der Waals surface area contributed by atoms with Crippen molar-refractivity contribution in [3.8, 4) is 0 Å². The van der Waals surface area contributed by atoms with E-state index in [9.17, 15) is 8.42 Å². The highest BCUT2D eigenvalue weighted by atomic mass is 35.5. The summed E-state index contributed by atoms with van der Waals surface area (Å²) in [6.45, 7) is 3.24. The highest BCUT2D eigenvalue weighted by Gasteiger charge is 2.26. The molecule has 0 saturated carbocycles. The third-order valence-electron chi connectivity index (χ3n) is 3.33. The Bertz CT molecular complexity index is 530. The molecule has 0 bridgehead atoms. The van der Waals surface area contributed by atoms with Crippen LogP contribution in [0.15, 0.2) is 23.2 Å². The van der Waals surface area contributed by atoms with Crippen LogP contribution >= 0.6 is 11.6 Å². The van der Waals surface area contributed by atoms with Crippen molar-refractivity contribution >= 4 is 21.6 Å². The van der Waals surface area contributed by atoms with Gasteiger partial charge in [0.25, 0.3) is 0 Å². The van der Waals surface area contributed by atoms with E-state index in [0.29, 0.717) is 19.1 Å². The van der Waals surface area contributed by atoms with Crippen LogP contribution in [0.4, 0.5) is 0 Å². The van der Waals surface area contributed by atoms with E-state index in [4.69, 9.17) is 16.3 Å². The van der Waals surface area contributed by atoms with Gasteiger partial charge in [-0.05, 0) is 37.8 Å². The van der Waals surface area contributed by atoms with Crippen molar-refractivity contribution in [2.24, 2.45) is 5.92 Å². The quantitative estimate of drug-likeness (QED) is 0.862. The molecule has 1 atom stereocenters. The number of nitrogens with zero attached hydrogens (tertiary/aromatic N) is 1. The van der Waals surface area contributed by atoms with Crippen LogP contribution in [0.3, 0.4) is 0 Å². The lowest BCUT2D eigenvalue weighted by atomic mass is 9.94. The molecule has 0 radical (unpaired) electrons. The van der Waals surface area contributed by atoms with E-state index in [1.54, 1.807) is 6.07 Å². The van der Waals surface area contributed by atoms with Crippen LogP contribution < -0.4 is 4.72 Å². The number of halogens is 1. The van der Waals surface area contributed by atoms with Gasteiger partial charge in [0.1, 0.15) is 10.0 Å². The number of hydrogen-bond acceptors (Lipinski definition) is 4. The second kappa shape index (κ2) is 6.17. The molecule has 1 unspecified atom stereocenters. The number of nitrogens with one attached hydrogen (secondary N) is 1. The molecule has 7 heteroatoms. The van der Waals surface area contributed by atoms with Crippen LogP contribution in [0.2, 0.25) is 5.15 Å². The molecule has 19 heavy (non-hydrogen) atoms. The number of ether oxygens (including phenoxy) is 1. The molecular weight excluding hydrogens is 288 g/mol. The summed E-state index contributed by atoms with van der Waals surface area (Å²) in [6.07, 6.45) is 3.19. The molecule has 0 aliphatic carbocycles. The summed E-state index contributed by atoms with van der Waals surface area (Å²) < 4.78 is 32.4. The number of pyridine rings is 1. The number of rotatable bonds is 4. The summed E-state index contributed by atoms with van der Waals surface area (Å²) in [5.41, 5.74) is 0. The first kappa shape index (κ1) is 14.7. The highest BCUT2D eigenvalue weighted by molar-refractivity contribution is 7.89. The minimum atomic E-state index is -3.62. The van der Waals surface area contributed by atoms with Crippen LogP contribution in [0.5, 0.6) is 0 Å². The Morgan fingerprint density at radius 2 is 2.16 bits per heavy atom. The fourth-order valence-corrected chi connectivity index (χ4v) is 3.96. The van der Waals surface area contributed by atoms with E-state index in [2.05, 4.69) is 9.71 Å². The fourth-order valence-electron chi connectivity index (χ4n) is 2.19. The van der Waals surface area contributed by atoms with Gasteiger partial charge in [-0.1, -0.05) is 11.6 Å². The van der Waals surface area contributed by atoms with Crippen LogP contribution in [0.1, 0.15) is 19.8 Å². The molecule has 1 saturated heterocycles. The van der Waals surface area contributed by atoms with Gasteiger partial charge in [-0.25, -0.2) is 18.1 Å². The minimum Gasteiger partial charge on any atom is -0.381 e. The smallest absolute Gasteiger partial charge is 0.243 e. The molecule has 1 aromatic rings. The van der Waals surface area contributed by atoms with Crippen LogP contribution in [0.25, 0.3) is 0 Å². The molecule has 0 amide bonds. The molecule has 106 valence electrons. The summed E-state index contributed by atoms with van der Waals surface area (Å²) >= 11 is 5.83. The first-order valence-electron chi connectivity index (χ1n) is 6.21. The van der Waals surface area contributed by atoms with Gasteiger partial charge < -0.3 is 4.74 Å². The van der Waals surface area contributed by atoms with Gasteiger partial charge in [-0.3, -0.25) is 0 Å². The maximum Gasteiger partial charge on any atom is 0.243 e. The maximum atomic E-state index is 12.2. The average molecular weight is 305 g/mol. The zero-order chi connectivity index (χ0) is 13.9. The third kappa shape index (κ3) is 3.66. The molecule has 1 aliphatic rings. The predicted octanol–water partition coefficient (Wildman–Crippen LogP) is 1.83. The van der Waals surface area contributed by atoms with Crippen molar-refractivity contribution < 1.29 is 13.2 Å². The molecule has 2 rings (SSSR count). The van der Waals surface area contributed by atoms with Crippen molar-refractivity contribution in [1.82, 2.24) is 9.71 Å². The monoisotopic (exact) mass is 304 g/mol. The normalized spacial score (nSPS) is 19.3. The molecule has 2 heterocycles. The van der Waals surface area contributed by atoms with Gasteiger partial charge in [0.05, 0.1) is 0 Å². The van der Waals surface area contributed by atoms with Crippen LogP contribution in [-0.2, 0) is 14.8 Å². The van der Waals surface area contributed by atoms with E-state index in [1.807, 2.05) is 6.92 Å². The Labute approximate surface area is 118 Å². The molecule has 0 aromatic carbocycles. The van der Waals surface area contributed by atoms with E-state index in [-0.39, 0.29) is 16.1 Å². The summed E-state index contributed by atoms with van der Waals surface area (Å²) in [5.74, 6) is 0.291. The van der Waals surface area contributed by atoms with Gasteiger partial charge in [0, 0.05) is 25.5 Å². The van der Waals surface area contributed by atoms with E-state index >= 15 is 0 Å². The Balaban J connectivity index is 2.11. The first-order valence-corrected chi connectivity index (χ1v) is 8.07. The van der Waals surface area contributed by atoms with Gasteiger partial charge in [0.15, 0.2) is 0 Å². The maximum absolute atomic E-state index is 12.2. The lowest BCUT2D eigenvalue weighted by Crippen LogP contribution is -2.40. The number of aromatic nitrogens is 1. The largest absolute Gasteiger partial charge is 0.381 e. The zero-order valence-electron chi connectivity index (χ0n) is 10.7. The van der Waals surface area contributed by atoms with Gasteiger partial charge in [-0.2, -0.15) is 0 Å². The summed E-state index contributed by atoms with van der Waals surface area (Å²) in [4.78, 5) is 3.82. The number of sulfonamides is 1. The Morgan fingerprint density at radius 3 is 2.79 bits per heavy atom. The summed E-state index contributed by atoms with van der Waals surface area (Å²) in [5, 5.41) is -0.00539. The zero-order valence-corrected chi connectivity index (χ0v) is 12.2. The standard InChI is InChI=1S/C12H17ClN2O3S/c1-9(10-4-7-18-8-5-10)15-19(16,17)11-3-2-6-14-12(11)13/h2-3,6,9-10,15H,4-5,7-8H2,1H3. The minimum absolute atomic E-state index is 0.00539. The molecule has 1 aromatic heterocycles. The molecular formula is C12H17ClN2O3S. The lowest BCUT2D eigenvalue weighted by Gasteiger charge is -2.28. The Kier molecular flexibility index (Phi) is 4.78. The van der Waals surface area contributed by atoms with Crippen molar-refractivity contribution in [3.05, 3.63) is 23.5 Å². The fraction of sp³-hybridized carbons (Fsp3) is 0.583. The second-order valence-electron chi connectivity index (χ2n) is 4.65. The summed E-state index contributed by atoms with van der Waals surface area (Å²) in [6, 6.07) is 2.86. The van der Waals surface area contributed by atoms with Crippen molar-refractivity contribution in [2.75, 3.05) is 13.2 Å². The van der Waals surface area contributed by atoms with Gasteiger partial charge in [-0.15, -0.1) is 0 Å². The van der Waals surface area contributed by atoms with Crippen LogP contribution in [-0.4, -0.2) is 32.7 Å². The second-order valence-corrected chi connectivity index (χ2v) is 6.69. The van der Waals surface area contributed by atoms with E-state index < -0.39 is 10.0 Å². The molecule has 1 fully saturated rings. The van der Waals surface area contributed by atoms with Crippen molar-refractivity contribution in [3.63, 3.8) is 0 Å². The van der Waals surface area contributed by atoms with Gasteiger partial charge in [0.2, 0.25) is 10.0 Å².